The van der Waals surface area contributed by atoms with E-state index >= 15 is 0 Å². The molecule has 0 aliphatic carbocycles. The molecule has 2 aliphatic rings. The lowest BCUT2D eigenvalue weighted by molar-refractivity contribution is -0.112. The van der Waals surface area contributed by atoms with E-state index in [1.165, 1.54) is 13.1 Å². The molecule has 3 atom stereocenters. The van der Waals surface area contributed by atoms with Crippen molar-refractivity contribution in [1.29, 1.82) is 0 Å². The molecule has 2 aromatic rings. The number of halogens is 2. The fraction of sp³-hybridized carbons (Fsp3) is 0.516. The number of ether oxygens (including phenoxy) is 2. The Hall–Kier alpha value is -3.69. The van der Waals surface area contributed by atoms with Gasteiger partial charge in [-0.25, -0.2) is 13.6 Å². The van der Waals surface area contributed by atoms with Crippen molar-refractivity contribution < 1.29 is 32.6 Å². The summed E-state index contributed by atoms with van der Waals surface area (Å²) in [6.07, 6.45) is -0.275. The summed E-state index contributed by atoms with van der Waals surface area (Å²) in [7, 11) is 1.52. The molecule has 8 nitrogen and oxygen atoms in total. The van der Waals surface area contributed by atoms with Crippen molar-refractivity contribution in [3.63, 3.8) is 0 Å². The SMILES string of the molecule is CNC(=O)c1cc(C(=O)NCCCC2CCN(C(=O)OC(C)(C)C)CC2(F)F)cc2c1OC(C)C2c1ccccc1. The van der Waals surface area contributed by atoms with Gasteiger partial charge in [-0.2, -0.15) is 0 Å². The molecule has 3 amide bonds. The van der Waals surface area contributed by atoms with E-state index in [9.17, 15) is 23.2 Å². The maximum atomic E-state index is 14.9. The first-order chi connectivity index (χ1) is 19.3. The van der Waals surface area contributed by atoms with Crippen molar-refractivity contribution in [3.8, 4) is 5.75 Å². The molecule has 0 bridgehead atoms. The molecule has 4 rings (SSSR count). The van der Waals surface area contributed by atoms with Crippen molar-refractivity contribution in [2.45, 2.75) is 70.5 Å². The van der Waals surface area contributed by atoms with E-state index in [2.05, 4.69) is 10.6 Å². The minimum absolute atomic E-state index is 0.152. The average molecular weight is 572 g/mol. The second-order valence-electron chi connectivity index (χ2n) is 11.8. The molecule has 0 radical (unpaired) electrons. The topological polar surface area (TPSA) is 97.0 Å². The molecule has 2 aliphatic heterocycles. The summed E-state index contributed by atoms with van der Waals surface area (Å²) in [6.45, 7) is 6.73. The Labute approximate surface area is 239 Å². The molecule has 3 unspecified atom stereocenters. The number of carbonyl (C=O) groups is 3. The van der Waals surface area contributed by atoms with Gasteiger partial charge in [0.25, 0.3) is 17.7 Å². The number of benzene rings is 2. The predicted molar refractivity (Wildman–Crippen MR) is 151 cm³/mol. The molecule has 2 aromatic carbocycles. The molecule has 1 saturated heterocycles. The zero-order valence-corrected chi connectivity index (χ0v) is 24.3. The number of alkyl halides is 2. The van der Waals surface area contributed by atoms with Crippen LogP contribution in [-0.2, 0) is 4.74 Å². The molecule has 0 aromatic heterocycles. The Morgan fingerprint density at radius 1 is 1.12 bits per heavy atom. The summed E-state index contributed by atoms with van der Waals surface area (Å²) in [5.41, 5.74) is 1.59. The smallest absolute Gasteiger partial charge is 0.410 e. The van der Waals surface area contributed by atoms with Crippen LogP contribution in [0.25, 0.3) is 0 Å². The minimum atomic E-state index is -3.05. The van der Waals surface area contributed by atoms with Crippen LogP contribution in [0.3, 0.4) is 0 Å². The van der Waals surface area contributed by atoms with Gasteiger partial charge in [-0.3, -0.25) is 9.59 Å². The van der Waals surface area contributed by atoms with E-state index in [-0.39, 0.29) is 49.4 Å². The summed E-state index contributed by atoms with van der Waals surface area (Å²) in [6, 6.07) is 13.0. The molecule has 0 saturated carbocycles. The maximum absolute atomic E-state index is 14.9. The largest absolute Gasteiger partial charge is 0.489 e. The predicted octanol–water partition coefficient (Wildman–Crippen LogP) is 5.36. The molecule has 222 valence electrons. The Balaban J connectivity index is 1.40. The number of nitrogens with zero attached hydrogens (tertiary/aromatic N) is 1. The van der Waals surface area contributed by atoms with Crippen molar-refractivity contribution in [2.75, 3.05) is 26.7 Å². The normalized spacial score (nSPS) is 21.4. The quantitative estimate of drug-likeness (QED) is 0.436. The van der Waals surface area contributed by atoms with Crippen molar-refractivity contribution in [3.05, 3.63) is 64.7 Å². The maximum Gasteiger partial charge on any atom is 0.410 e. The lowest BCUT2D eigenvalue weighted by Crippen LogP contribution is -2.51. The third-order valence-electron chi connectivity index (χ3n) is 7.53. The number of hydrogen-bond acceptors (Lipinski definition) is 5. The number of nitrogens with one attached hydrogen (secondary N) is 2. The van der Waals surface area contributed by atoms with Gasteiger partial charge >= 0.3 is 6.09 Å². The van der Waals surface area contributed by atoms with E-state index in [4.69, 9.17) is 9.47 Å². The summed E-state index contributed by atoms with van der Waals surface area (Å²) >= 11 is 0. The van der Waals surface area contributed by atoms with Crippen molar-refractivity contribution in [1.82, 2.24) is 15.5 Å². The number of hydrogen-bond donors (Lipinski definition) is 2. The number of amides is 3. The van der Waals surface area contributed by atoms with Gasteiger partial charge in [-0.1, -0.05) is 30.3 Å². The summed E-state index contributed by atoms with van der Waals surface area (Å²) < 4.78 is 41.1. The summed E-state index contributed by atoms with van der Waals surface area (Å²) in [5.74, 6) is -4.40. The van der Waals surface area contributed by atoms with E-state index in [1.54, 1.807) is 26.8 Å². The Kier molecular flexibility index (Phi) is 8.89. The molecule has 2 N–H and O–H groups in total. The number of likely N-dealkylation sites (tertiary alicyclic amines) is 1. The zero-order chi connectivity index (χ0) is 29.9. The fourth-order valence-corrected chi connectivity index (χ4v) is 5.54. The monoisotopic (exact) mass is 571 g/mol. The van der Waals surface area contributed by atoms with Gasteiger partial charge in [0.2, 0.25) is 0 Å². The number of fused-ring (bicyclic) bond motifs is 1. The highest BCUT2D eigenvalue weighted by Crippen LogP contribution is 2.45. The van der Waals surface area contributed by atoms with Gasteiger partial charge in [0.15, 0.2) is 0 Å². The number of carbonyl (C=O) groups excluding carboxylic acids is 3. The summed E-state index contributed by atoms with van der Waals surface area (Å²) in [4.78, 5) is 39.2. The van der Waals surface area contributed by atoms with E-state index in [1.807, 2.05) is 37.3 Å². The first-order valence-electron chi connectivity index (χ1n) is 14.1. The Morgan fingerprint density at radius 2 is 1.83 bits per heavy atom. The lowest BCUT2D eigenvalue weighted by Gasteiger charge is -2.38. The van der Waals surface area contributed by atoms with E-state index in [0.717, 1.165) is 16.0 Å². The zero-order valence-electron chi connectivity index (χ0n) is 24.3. The van der Waals surface area contributed by atoms with Crippen molar-refractivity contribution >= 4 is 17.9 Å². The number of rotatable bonds is 7. The van der Waals surface area contributed by atoms with Crippen LogP contribution in [0.15, 0.2) is 42.5 Å². The van der Waals surface area contributed by atoms with Crippen LogP contribution in [0.5, 0.6) is 5.75 Å². The molecule has 1 fully saturated rings. The standard InChI is InChI=1S/C31H39F2N3O5/c1-19-25(20-10-7-6-8-11-20)23-16-21(17-24(26(23)40-19)28(38)34-5)27(37)35-14-9-12-22-13-15-36(18-31(22,32)33)29(39)41-30(2,3)4/h6-8,10-11,16-17,19,22,25H,9,12-15,18H2,1-5H3,(H,34,38)(H,35,37). The van der Waals surface area contributed by atoms with Crippen LogP contribution < -0.4 is 15.4 Å². The van der Waals surface area contributed by atoms with E-state index < -0.39 is 36.0 Å². The van der Waals surface area contributed by atoms with Crippen LogP contribution >= 0.6 is 0 Å². The van der Waals surface area contributed by atoms with Crippen LogP contribution in [0.4, 0.5) is 13.6 Å². The molecule has 2 heterocycles. The van der Waals surface area contributed by atoms with Crippen LogP contribution in [0.1, 0.15) is 84.7 Å². The molecule has 0 spiro atoms. The van der Waals surface area contributed by atoms with Gasteiger partial charge in [0.1, 0.15) is 17.5 Å². The second-order valence-corrected chi connectivity index (χ2v) is 11.8. The molecule has 41 heavy (non-hydrogen) atoms. The third-order valence-corrected chi connectivity index (χ3v) is 7.53. The van der Waals surface area contributed by atoms with Gasteiger partial charge in [-0.15, -0.1) is 0 Å². The fourth-order valence-electron chi connectivity index (χ4n) is 5.54. The highest BCUT2D eigenvalue weighted by molar-refractivity contribution is 6.02. The van der Waals surface area contributed by atoms with Crippen molar-refractivity contribution in [2.24, 2.45) is 5.92 Å². The van der Waals surface area contributed by atoms with Crippen LogP contribution in [-0.4, -0.2) is 67.1 Å². The highest BCUT2D eigenvalue weighted by Gasteiger charge is 2.46. The molecular weight excluding hydrogens is 532 g/mol. The minimum Gasteiger partial charge on any atom is -0.489 e. The first kappa shape index (κ1) is 30.3. The Bertz CT molecular complexity index is 1280. The van der Waals surface area contributed by atoms with Crippen LogP contribution in [0, 0.1) is 5.92 Å². The lowest BCUT2D eigenvalue weighted by atomic mass is 9.87. The van der Waals surface area contributed by atoms with Gasteiger partial charge in [0.05, 0.1) is 12.1 Å². The molecular formula is C31H39F2N3O5. The second kappa shape index (κ2) is 12.0. The number of piperidine rings is 1. The Morgan fingerprint density at radius 3 is 2.46 bits per heavy atom. The first-order valence-corrected chi connectivity index (χ1v) is 14.1. The van der Waals surface area contributed by atoms with Gasteiger partial charge < -0.3 is 25.0 Å². The van der Waals surface area contributed by atoms with Crippen LogP contribution in [0.2, 0.25) is 0 Å². The molecule has 10 heteroatoms. The highest BCUT2D eigenvalue weighted by atomic mass is 19.3. The third kappa shape index (κ3) is 6.97. The van der Waals surface area contributed by atoms with Gasteiger partial charge in [-0.05, 0) is 64.7 Å². The van der Waals surface area contributed by atoms with E-state index in [0.29, 0.717) is 17.7 Å². The van der Waals surface area contributed by atoms with Gasteiger partial charge in [0, 0.05) is 43.1 Å². The average Bonchev–Trinajstić information content (AvgIpc) is 3.25. The summed E-state index contributed by atoms with van der Waals surface area (Å²) in [5, 5.41) is 5.43.